The number of carbonyl (C=O) groups is 2. The van der Waals surface area contributed by atoms with E-state index in [2.05, 4.69) is 26.8 Å². The minimum absolute atomic E-state index is 0.108. The Morgan fingerprint density at radius 3 is 2.38 bits per heavy atom. The second-order valence-electron chi connectivity index (χ2n) is 8.57. The van der Waals surface area contributed by atoms with Gasteiger partial charge in [-0.1, -0.05) is 42.5 Å². The number of nitrogen functional groups attached to an aromatic ring is 1. The van der Waals surface area contributed by atoms with Gasteiger partial charge < -0.3 is 34.6 Å². The maximum Gasteiger partial charge on any atom is 0.338 e. The maximum absolute atomic E-state index is 13.1. The van der Waals surface area contributed by atoms with Crippen LogP contribution in [0.2, 0.25) is 0 Å². The van der Waals surface area contributed by atoms with E-state index in [1.807, 2.05) is 0 Å². The standard InChI is InChI=1S/C24H22N5O8PS/c25-21-17-22(27-11-26-21)29(12-28-17)23-20(19(31)16(36-23)10-35-38(33,34)39)37-24(32)15-8-6-14(7-9-15)18(30)13-4-2-1-3-5-13/h1-9,11-12,16,19-20,23,31H,10H2,(H2,25,26,27)(H2,33,34,39)/t16-,19-,20-,23-/m1/s1. The number of aliphatic hydroxyl groups excluding tert-OH is 1. The van der Waals surface area contributed by atoms with E-state index in [0.717, 1.165) is 0 Å². The van der Waals surface area contributed by atoms with Crippen molar-refractivity contribution in [2.24, 2.45) is 0 Å². The fourth-order valence-corrected chi connectivity index (χ4v) is 4.66. The minimum Gasteiger partial charge on any atom is -0.451 e. The Bertz CT molecular complexity index is 1560. The lowest BCUT2D eigenvalue weighted by Gasteiger charge is -2.22. The molecule has 13 nitrogen and oxygen atoms in total. The average molecular weight is 572 g/mol. The Labute approximate surface area is 226 Å². The Hall–Kier alpha value is -3.62. The lowest BCUT2D eigenvalue weighted by molar-refractivity contribution is -0.0548. The number of rotatable bonds is 8. The number of imidazole rings is 1. The molecule has 0 amide bonds. The van der Waals surface area contributed by atoms with E-state index in [-0.39, 0.29) is 28.3 Å². The summed E-state index contributed by atoms with van der Waals surface area (Å²) in [7, 11) is 0. The SMILES string of the molecule is Nc1ncnc2c1ncn2[C@@H]1O[C@H](COP(O)(O)=S)[C@@H](O)[C@H]1OC(=O)c1ccc(C(=O)c2ccccc2)cc1. The zero-order chi connectivity index (χ0) is 27.7. The van der Waals surface area contributed by atoms with Crippen LogP contribution in [0.3, 0.4) is 0 Å². The topological polar surface area (TPSA) is 192 Å². The van der Waals surface area contributed by atoms with Crippen molar-refractivity contribution in [2.45, 2.75) is 24.5 Å². The third kappa shape index (κ3) is 5.72. The second-order valence-corrected chi connectivity index (χ2v) is 11.2. The molecule has 0 radical (unpaired) electrons. The number of esters is 1. The van der Waals surface area contributed by atoms with Gasteiger partial charge in [-0.05, 0) is 23.9 Å². The number of aromatic nitrogens is 4. The first-order valence-electron chi connectivity index (χ1n) is 11.5. The normalized spacial score (nSPS) is 21.2. The van der Waals surface area contributed by atoms with Gasteiger partial charge in [-0.2, -0.15) is 0 Å². The van der Waals surface area contributed by atoms with Crippen molar-refractivity contribution in [2.75, 3.05) is 12.3 Å². The van der Waals surface area contributed by atoms with E-state index in [4.69, 9.17) is 19.7 Å². The van der Waals surface area contributed by atoms with E-state index < -0.39 is 43.8 Å². The third-order valence-corrected chi connectivity index (χ3v) is 6.84. The van der Waals surface area contributed by atoms with Gasteiger partial charge in [0.15, 0.2) is 29.6 Å². The lowest BCUT2D eigenvalue weighted by atomic mass is 10.0. The molecule has 2 aromatic carbocycles. The van der Waals surface area contributed by atoms with Crippen LogP contribution in [0.25, 0.3) is 11.2 Å². The van der Waals surface area contributed by atoms with Crippen molar-refractivity contribution in [3.05, 3.63) is 83.9 Å². The number of nitrogens with zero attached hydrogens (tertiary/aromatic N) is 4. The summed E-state index contributed by atoms with van der Waals surface area (Å²) < 4.78 is 17.8. The summed E-state index contributed by atoms with van der Waals surface area (Å²) in [6, 6.07) is 14.6. The Morgan fingerprint density at radius 2 is 1.69 bits per heavy atom. The summed E-state index contributed by atoms with van der Waals surface area (Å²) in [4.78, 5) is 56.9. The van der Waals surface area contributed by atoms with Gasteiger partial charge in [0.25, 0.3) is 0 Å². The Morgan fingerprint density at radius 1 is 1.03 bits per heavy atom. The number of anilines is 1. The molecule has 202 valence electrons. The maximum atomic E-state index is 13.1. The number of aliphatic hydroxyl groups is 1. The molecule has 4 aromatic rings. The smallest absolute Gasteiger partial charge is 0.338 e. The summed E-state index contributed by atoms with van der Waals surface area (Å²) in [5, 5.41) is 11.0. The van der Waals surface area contributed by atoms with Crippen molar-refractivity contribution < 1.29 is 38.5 Å². The monoisotopic (exact) mass is 571 g/mol. The molecule has 5 N–H and O–H groups in total. The highest BCUT2D eigenvalue weighted by atomic mass is 32.5. The van der Waals surface area contributed by atoms with Gasteiger partial charge in [-0.15, -0.1) is 0 Å². The van der Waals surface area contributed by atoms with Crippen LogP contribution < -0.4 is 5.73 Å². The van der Waals surface area contributed by atoms with Crippen molar-refractivity contribution in [1.29, 1.82) is 0 Å². The van der Waals surface area contributed by atoms with Crippen molar-refractivity contribution in [3.8, 4) is 0 Å². The van der Waals surface area contributed by atoms with Gasteiger partial charge >= 0.3 is 12.7 Å². The van der Waals surface area contributed by atoms with E-state index in [1.165, 1.54) is 41.5 Å². The number of benzene rings is 2. The van der Waals surface area contributed by atoms with Gasteiger partial charge in [0.05, 0.1) is 18.5 Å². The second kappa shape index (κ2) is 10.9. The van der Waals surface area contributed by atoms with Crippen LogP contribution in [-0.4, -0.2) is 71.1 Å². The molecular formula is C24H22N5O8PS. The summed E-state index contributed by atoms with van der Waals surface area (Å²) in [6.07, 6.45) is -2.52. The molecule has 2 aromatic heterocycles. The summed E-state index contributed by atoms with van der Waals surface area (Å²) in [5.41, 5.74) is 7.38. The molecule has 15 heteroatoms. The molecule has 0 unspecified atom stereocenters. The van der Waals surface area contributed by atoms with E-state index in [1.54, 1.807) is 30.3 Å². The molecule has 1 aliphatic heterocycles. The molecule has 1 fully saturated rings. The van der Waals surface area contributed by atoms with Gasteiger partial charge in [0, 0.05) is 11.1 Å². The third-order valence-electron chi connectivity index (χ3n) is 6.04. The minimum atomic E-state index is -4.05. The van der Waals surface area contributed by atoms with Crippen LogP contribution in [-0.2, 0) is 25.8 Å². The number of carbonyl (C=O) groups excluding carboxylic acids is 2. The van der Waals surface area contributed by atoms with Crippen molar-refractivity contribution in [1.82, 2.24) is 19.5 Å². The summed E-state index contributed by atoms with van der Waals surface area (Å²) >= 11 is 4.48. The highest BCUT2D eigenvalue weighted by Crippen LogP contribution is 2.40. The van der Waals surface area contributed by atoms with Crippen LogP contribution in [0, 0.1) is 0 Å². The number of ketones is 1. The van der Waals surface area contributed by atoms with Crippen LogP contribution in [0.1, 0.15) is 32.5 Å². The number of hydrogen-bond donors (Lipinski definition) is 4. The highest BCUT2D eigenvalue weighted by Gasteiger charge is 2.48. The quantitative estimate of drug-likeness (QED) is 0.135. The predicted octanol–water partition coefficient (Wildman–Crippen LogP) is 1.35. The average Bonchev–Trinajstić information content (AvgIpc) is 3.49. The molecule has 0 saturated carbocycles. The predicted molar refractivity (Wildman–Crippen MR) is 140 cm³/mol. The van der Waals surface area contributed by atoms with Gasteiger partial charge in [-0.25, -0.2) is 19.7 Å². The largest absolute Gasteiger partial charge is 0.451 e. The number of fused-ring (bicyclic) bond motifs is 1. The number of ether oxygens (including phenoxy) is 2. The van der Waals surface area contributed by atoms with E-state index in [9.17, 15) is 24.5 Å². The van der Waals surface area contributed by atoms with E-state index in [0.29, 0.717) is 11.1 Å². The molecule has 5 rings (SSSR count). The molecule has 39 heavy (non-hydrogen) atoms. The van der Waals surface area contributed by atoms with Crippen LogP contribution in [0.15, 0.2) is 67.3 Å². The van der Waals surface area contributed by atoms with Crippen LogP contribution in [0.4, 0.5) is 5.82 Å². The molecule has 0 aliphatic carbocycles. The zero-order valence-corrected chi connectivity index (χ0v) is 21.7. The first-order chi connectivity index (χ1) is 18.6. The fourth-order valence-electron chi connectivity index (χ4n) is 4.14. The van der Waals surface area contributed by atoms with Crippen LogP contribution in [0.5, 0.6) is 0 Å². The zero-order valence-electron chi connectivity index (χ0n) is 20.0. The van der Waals surface area contributed by atoms with Crippen molar-refractivity contribution in [3.63, 3.8) is 0 Å². The van der Waals surface area contributed by atoms with Crippen molar-refractivity contribution >= 4 is 47.3 Å². The first-order valence-corrected chi connectivity index (χ1v) is 14.1. The number of nitrogens with two attached hydrogens (primary N) is 1. The molecule has 1 saturated heterocycles. The molecule has 4 atom stereocenters. The van der Waals surface area contributed by atoms with Gasteiger partial charge in [0.1, 0.15) is 24.1 Å². The van der Waals surface area contributed by atoms with Gasteiger partial charge in [0.2, 0.25) is 0 Å². The Kier molecular flexibility index (Phi) is 7.51. The van der Waals surface area contributed by atoms with Gasteiger partial charge in [-0.3, -0.25) is 9.36 Å². The summed E-state index contributed by atoms with van der Waals surface area (Å²) in [6.45, 7) is -4.54. The first kappa shape index (κ1) is 27.0. The molecule has 0 spiro atoms. The number of hydrogen-bond acceptors (Lipinski definition) is 11. The molecule has 1 aliphatic rings. The van der Waals surface area contributed by atoms with E-state index >= 15 is 0 Å². The lowest BCUT2D eigenvalue weighted by Crippen LogP contribution is -2.37. The molecule has 0 bridgehead atoms. The molecule has 3 heterocycles. The van der Waals surface area contributed by atoms with Crippen LogP contribution >= 0.6 is 6.72 Å². The highest BCUT2D eigenvalue weighted by molar-refractivity contribution is 8.06. The fraction of sp³-hybridized carbons (Fsp3) is 0.208. The summed E-state index contributed by atoms with van der Waals surface area (Å²) in [5.74, 6) is -0.905. The molecular weight excluding hydrogens is 549 g/mol. The Balaban J connectivity index is 1.39.